The Bertz CT molecular complexity index is 335. The zero-order chi connectivity index (χ0) is 10.7. The molecule has 0 aliphatic carbocycles. The van der Waals surface area contributed by atoms with Gasteiger partial charge in [0.1, 0.15) is 0 Å². The van der Waals surface area contributed by atoms with Gasteiger partial charge < -0.3 is 5.32 Å². The smallest absolute Gasteiger partial charge is 0.0242 e. The summed E-state index contributed by atoms with van der Waals surface area (Å²) in [6.07, 6.45) is 0. The maximum Gasteiger partial charge on any atom is 0.0242 e. The fourth-order valence-corrected chi connectivity index (χ4v) is 2.48. The molecule has 0 aromatic carbocycles. The fraction of sp³-hybridized carbons (Fsp3) is 0.500. The summed E-state index contributed by atoms with van der Waals surface area (Å²) < 4.78 is 0. The van der Waals surface area contributed by atoms with Gasteiger partial charge in [0, 0.05) is 26.2 Å². The molecule has 1 aromatic heterocycles. The molecule has 15 heavy (non-hydrogen) atoms. The van der Waals surface area contributed by atoms with Crippen LogP contribution in [0.2, 0.25) is 0 Å². The molecule has 2 nitrogen and oxygen atoms in total. The second kappa shape index (κ2) is 4.92. The molecule has 82 valence electrons. The lowest BCUT2D eigenvalue weighted by atomic mass is 10.0. The lowest BCUT2D eigenvalue weighted by Crippen LogP contribution is -2.36. The van der Waals surface area contributed by atoms with E-state index in [-0.39, 0.29) is 0 Å². The van der Waals surface area contributed by atoms with Crippen LogP contribution >= 0.6 is 11.3 Å². The van der Waals surface area contributed by atoms with E-state index in [0.29, 0.717) is 0 Å². The summed E-state index contributed by atoms with van der Waals surface area (Å²) in [7, 11) is 2.19. The number of hydrogen-bond donors (Lipinski definition) is 1. The van der Waals surface area contributed by atoms with Gasteiger partial charge in [0.25, 0.3) is 0 Å². The molecule has 0 bridgehead atoms. The lowest BCUT2D eigenvalue weighted by Gasteiger charge is -2.25. The van der Waals surface area contributed by atoms with Crippen molar-refractivity contribution in [1.29, 1.82) is 0 Å². The largest absolute Gasteiger partial charge is 0.309 e. The van der Waals surface area contributed by atoms with Gasteiger partial charge in [-0.05, 0) is 41.9 Å². The zero-order valence-electron chi connectivity index (χ0n) is 9.42. The molecular weight excluding hydrogens is 204 g/mol. The van der Waals surface area contributed by atoms with Crippen LogP contribution in [-0.2, 0) is 6.54 Å². The molecule has 1 aliphatic heterocycles. The van der Waals surface area contributed by atoms with Crippen molar-refractivity contribution in [1.82, 2.24) is 10.2 Å². The Kier molecular flexibility index (Phi) is 3.57. The third-order valence-electron chi connectivity index (χ3n) is 2.82. The van der Waals surface area contributed by atoms with Gasteiger partial charge in [-0.25, -0.2) is 0 Å². The van der Waals surface area contributed by atoms with Gasteiger partial charge in [-0.15, -0.1) is 0 Å². The van der Waals surface area contributed by atoms with E-state index in [1.807, 2.05) is 0 Å². The number of rotatable bonds is 4. The van der Waals surface area contributed by atoms with E-state index in [1.54, 1.807) is 16.9 Å². The molecule has 0 spiro atoms. The van der Waals surface area contributed by atoms with Crippen LogP contribution in [0.3, 0.4) is 0 Å². The molecule has 1 N–H and O–H groups in total. The van der Waals surface area contributed by atoms with E-state index < -0.39 is 0 Å². The van der Waals surface area contributed by atoms with Crippen LogP contribution in [0.15, 0.2) is 28.0 Å². The van der Waals surface area contributed by atoms with Crippen molar-refractivity contribution in [3.8, 4) is 0 Å². The molecule has 0 unspecified atom stereocenters. The van der Waals surface area contributed by atoms with Crippen molar-refractivity contribution >= 4 is 11.3 Å². The Hall–Kier alpha value is -0.640. The van der Waals surface area contributed by atoms with E-state index in [1.165, 1.54) is 11.1 Å². The van der Waals surface area contributed by atoms with Crippen molar-refractivity contribution in [2.75, 3.05) is 26.7 Å². The molecule has 0 radical (unpaired) electrons. The first-order chi connectivity index (χ1) is 7.25. The first-order valence-corrected chi connectivity index (χ1v) is 6.28. The highest BCUT2D eigenvalue weighted by Crippen LogP contribution is 2.12. The molecule has 1 aliphatic rings. The summed E-state index contributed by atoms with van der Waals surface area (Å²) in [5.41, 5.74) is 4.55. The van der Waals surface area contributed by atoms with Gasteiger partial charge in [-0.3, -0.25) is 4.90 Å². The van der Waals surface area contributed by atoms with Crippen LogP contribution < -0.4 is 5.32 Å². The lowest BCUT2D eigenvalue weighted by molar-refractivity contribution is 0.353. The second-order valence-electron chi connectivity index (χ2n) is 4.29. The first-order valence-electron chi connectivity index (χ1n) is 5.33. The highest BCUT2D eigenvalue weighted by Gasteiger charge is 2.11. The summed E-state index contributed by atoms with van der Waals surface area (Å²) in [6.45, 7) is 6.59. The van der Waals surface area contributed by atoms with Gasteiger partial charge in [-0.1, -0.05) is 5.57 Å². The molecule has 2 rings (SSSR count). The Morgan fingerprint density at radius 3 is 2.87 bits per heavy atom. The Morgan fingerprint density at radius 1 is 1.53 bits per heavy atom. The summed E-state index contributed by atoms with van der Waals surface area (Å²) >= 11 is 1.77. The number of nitrogens with one attached hydrogen (secondary N) is 1. The molecule has 0 saturated carbocycles. The van der Waals surface area contributed by atoms with E-state index in [4.69, 9.17) is 0 Å². The third-order valence-corrected chi connectivity index (χ3v) is 3.55. The number of nitrogens with zero attached hydrogens (tertiary/aromatic N) is 1. The van der Waals surface area contributed by atoms with Crippen LogP contribution in [0.4, 0.5) is 0 Å². The maximum absolute atomic E-state index is 3.29. The second-order valence-corrected chi connectivity index (χ2v) is 5.07. The van der Waals surface area contributed by atoms with Crippen molar-refractivity contribution in [3.05, 3.63) is 33.5 Å². The van der Waals surface area contributed by atoms with E-state index in [9.17, 15) is 0 Å². The molecular formula is C12H18N2S. The molecule has 2 heterocycles. The van der Waals surface area contributed by atoms with Gasteiger partial charge in [0.15, 0.2) is 0 Å². The first kappa shape index (κ1) is 10.9. The predicted octanol–water partition coefficient (Wildman–Crippen LogP) is 2.10. The van der Waals surface area contributed by atoms with E-state index in [2.05, 4.69) is 41.0 Å². The average molecular weight is 222 g/mol. The third kappa shape index (κ3) is 2.91. The molecule has 1 fully saturated rings. The van der Waals surface area contributed by atoms with Gasteiger partial charge >= 0.3 is 0 Å². The van der Waals surface area contributed by atoms with Crippen molar-refractivity contribution in [3.63, 3.8) is 0 Å². The summed E-state index contributed by atoms with van der Waals surface area (Å²) in [5.74, 6) is 0. The van der Waals surface area contributed by atoms with Crippen LogP contribution in [0.1, 0.15) is 12.5 Å². The minimum Gasteiger partial charge on any atom is -0.309 e. The Morgan fingerprint density at radius 2 is 2.33 bits per heavy atom. The van der Waals surface area contributed by atoms with Crippen molar-refractivity contribution in [2.24, 2.45) is 0 Å². The molecule has 1 saturated heterocycles. The summed E-state index contributed by atoms with van der Waals surface area (Å²) in [4.78, 5) is 2.38. The number of likely N-dealkylation sites (N-methyl/N-ethyl adjacent to an activating group) is 1. The van der Waals surface area contributed by atoms with Crippen LogP contribution in [0, 0.1) is 0 Å². The van der Waals surface area contributed by atoms with Gasteiger partial charge in [0.2, 0.25) is 0 Å². The fourth-order valence-electron chi connectivity index (χ4n) is 1.82. The standard InChI is InChI=1S/C12H18N2S/c1-10(12-5-13-6-12)7-14(2)8-11-3-4-15-9-11/h3-4,9,13H,5-8H2,1-2H3. The van der Waals surface area contributed by atoms with Crippen LogP contribution in [0.5, 0.6) is 0 Å². The predicted molar refractivity (Wildman–Crippen MR) is 66.2 cm³/mol. The number of hydrogen-bond acceptors (Lipinski definition) is 3. The highest BCUT2D eigenvalue weighted by atomic mass is 32.1. The minimum absolute atomic E-state index is 1.06. The monoisotopic (exact) mass is 222 g/mol. The maximum atomic E-state index is 3.29. The summed E-state index contributed by atoms with van der Waals surface area (Å²) in [6, 6.07) is 2.20. The highest BCUT2D eigenvalue weighted by molar-refractivity contribution is 7.07. The minimum atomic E-state index is 1.06. The quantitative estimate of drug-likeness (QED) is 0.785. The Labute approximate surface area is 95.6 Å². The Balaban J connectivity index is 1.84. The normalized spacial score (nSPS) is 15.5. The number of thiophene rings is 1. The van der Waals surface area contributed by atoms with Crippen LogP contribution in [0.25, 0.3) is 0 Å². The molecule has 3 heteroatoms. The molecule has 0 amide bonds. The van der Waals surface area contributed by atoms with E-state index in [0.717, 1.165) is 26.2 Å². The van der Waals surface area contributed by atoms with Crippen molar-refractivity contribution < 1.29 is 0 Å². The SMILES string of the molecule is CC(CN(C)Cc1ccsc1)=C1CNC1. The molecule has 1 aromatic rings. The average Bonchev–Trinajstić information content (AvgIpc) is 2.52. The summed E-state index contributed by atoms with van der Waals surface area (Å²) in [5, 5.41) is 7.66. The van der Waals surface area contributed by atoms with Gasteiger partial charge in [0.05, 0.1) is 0 Å². The van der Waals surface area contributed by atoms with Crippen LogP contribution in [-0.4, -0.2) is 31.6 Å². The topological polar surface area (TPSA) is 15.3 Å². The van der Waals surface area contributed by atoms with Gasteiger partial charge in [-0.2, -0.15) is 11.3 Å². The zero-order valence-corrected chi connectivity index (χ0v) is 10.2. The van der Waals surface area contributed by atoms with Crippen molar-refractivity contribution in [2.45, 2.75) is 13.5 Å². The van der Waals surface area contributed by atoms with E-state index >= 15 is 0 Å². The molecule has 0 atom stereocenters.